The molecule has 5 heteroatoms. The fourth-order valence-electron chi connectivity index (χ4n) is 0.770. The molecule has 0 spiro atoms. The van der Waals surface area contributed by atoms with Gasteiger partial charge in [0.2, 0.25) is 0 Å². The molecule has 0 unspecified atom stereocenters. The Morgan fingerprint density at radius 3 is 2.17 bits per heavy atom. The summed E-state index contributed by atoms with van der Waals surface area (Å²) in [5.41, 5.74) is 0.965. The van der Waals surface area contributed by atoms with E-state index in [-0.39, 0.29) is 4.90 Å². The van der Waals surface area contributed by atoms with Gasteiger partial charge in [0.1, 0.15) is 0 Å². The first-order chi connectivity index (χ1) is 5.56. The van der Waals surface area contributed by atoms with Crippen LogP contribution in [0, 0.1) is 6.92 Å². The predicted molar refractivity (Wildman–Crippen MR) is 43.6 cm³/mol. The van der Waals surface area contributed by atoms with E-state index in [0.717, 1.165) is 5.56 Å². The third-order valence-corrected chi connectivity index (χ3v) is 2.58. The molecule has 64 valence electrons. The summed E-state index contributed by atoms with van der Waals surface area (Å²) in [5.74, 6) is 8.28. The lowest BCUT2D eigenvalue weighted by molar-refractivity contribution is 0.582. The van der Waals surface area contributed by atoms with E-state index in [9.17, 15) is 8.42 Å². The van der Waals surface area contributed by atoms with Crippen LogP contribution in [-0.4, -0.2) is 8.42 Å². The minimum Gasteiger partial charge on any atom is -0.206 e. The van der Waals surface area contributed by atoms with Gasteiger partial charge in [-0.25, -0.2) is 8.42 Å². The lowest BCUT2D eigenvalue weighted by Gasteiger charge is -1.99. The first-order valence-corrected chi connectivity index (χ1v) is 4.77. The van der Waals surface area contributed by atoms with Crippen LogP contribution in [0.4, 0.5) is 0 Å². The van der Waals surface area contributed by atoms with Crippen molar-refractivity contribution >= 4 is 10.0 Å². The molecule has 0 amide bonds. The molecule has 12 heavy (non-hydrogen) atoms. The Morgan fingerprint density at radius 2 is 1.75 bits per heavy atom. The van der Waals surface area contributed by atoms with Gasteiger partial charge >= 0.3 is 0 Å². The number of aryl methyl sites for hydroxylation is 1. The average Bonchev–Trinajstić information content (AvgIpc) is 2.05. The van der Waals surface area contributed by atoms with Gasteiger partial charge in [-0.15, -0.1) is 4.83 Å². The highest BCUT2D eigenvalue weighted by molar-refractivity contribution is 7.89. The molecule has 0 fully saturated rings. The van der Waals surface area contributed by atoms with Crippen molar-refractivity contribution in [3.05, 3.63) is 29.8 Å². The third kappa shape index (κ3) is 1.82. The van der Waals surface area contributed by atoms with Crippen molar-refractivity contribution < 1.29 is 8.42 Å². The highest BCUT2D eigenvalue weighted by Crippen LogP contribution is 2.08. The van der Waals surface area contributed by atoms with Crippen LogP contribution in [0.3, 0.4) is 0 Å². The second-order valence-electron chi connectivity index (χ2n) is 2.41. The quantitative estimate of drug-likeness (QED) is 0.670. The Bertz CT molecular complexity index is 355. The summed E-state index contributed by atoms with van der Waals surface area (Å²) >= 11 is 0. The molecule has 0 aliphatic carbocycles. The summed E-state index contributed by atoms with van der Waals surface area (Å²) in [6.45, 7) is 1.85. The number of sulfonamides is 1. The number of nitrogens with one attached hydrogen (secondary N) is 1. The molecule has 0 aromatic heterocycles. The lowest BCUT2D eigenvalue weighted by Crippen LogP contribution is -2.21. The molecule has 0 bridgehead atoms. The fourth-order valence-corrected chi connectivity index (χ4v) is 1.37. The lowest BCUT2D eigenvalue weighted by atomic mass is 10.2. The maximum atomic E-state index is 11.0. The van der Waals surface area contributed by atoms with Gasteiger partial charge in [-0.2, -0.15) is 0 Å². The Kier molecular flexibility index (Phi) is 2.46. The van der Waals surface area contributed by atoms with E-state index in [1.807, 2.05) is 6.92 Å². The van der Waals surface area contributed by atoms with E-state index < -0.39 is 10.0 Å². The maximum absolute atomic E-state index is 11.0. The molecular formula is C7H8N2O2S. The largest absolute Gasteiger partial charge is 0.255 e. The zero-order valence-electron chi connectivity index (χ0n) is 6.48. The topological polar surface area (TPSA) is 68.5 Å². The van der Waals surface area contributed by atoms with Crippen molar-refractivity contribution in [3.63, 3.8) is 0 Å². The van der Waals surface area contributed by atoms with Gasteiger partial charge in [-0.3, -0.25) is 0 Å². The molecule has 1 aromatic carbocycles. The monoisotopic (exact) mass is 184 g/mol. The maximum Gasteiger partial charge on any atom is 0.255 e. The number of hydrogen-bond donors (Lipinski definition) is 1. The third-order valence-electron chi connectivity index (χ3n) is 1.45. The van der Waals surface area contributed by atoms with Crippen molar-refractivity contribution in [1.82, 2.24) is 10.7 Å². The SMILES string of the molecule is Cc1ccc(S(=O)(=O)N[N])cc1. The van der Waals surface area contributed by atoms with Crippen molar-refractivity contribution in [2.75, 3.05) is 0 Å². The van der Waals surface area contributed by atoms with Crippen LogP contribution in [-0.2, 0) is 10.0 Å². The summed E-state index contributed by atoms with van der Waals surface area (Å²) in [6, 6.07) is 6.16. The molecule has 0 saturated carbocycles. The summed E-state index contributed by atoms with van der Waals surface area (Å²) in [7, 11) is -3.71. The van der Waals surface area contributed by atoms with Gasteiger partial charge in [0, 0.05) is 0 Å². The van der Waals surface area contributed by atoms with Crippen molar-refractivity contribution in [2.45, 2.75) is 11.8 Å². The van der Waals surface area contributed by atoms with Gasteiger partial charge < -0.3 is 0 Å². The molecule has 1 aromatic rings. The first-order valence-electron chi connectivity index (χ1n) is 3.29. The number of benzene rings is 1. The Hall–Kier alpha value is -0.910. The smallest absolute Gasteiger partial charge is 0.206 e. The Balaban J connectivity index is 3.14. The summed E-state index contributed by atoms with van der Waals surface area (Å²) in [4.78, 5) is 1.30. The Morgan fingerprint density at radius 1 is 1.25 bits per heavy atom. The van der Waals surface area contributed by atoms with Crippen LogP contribution in [0.25, 0.3) is 0 Å². The van der Waals surface area contributed by atoms with Crippen molar-refractivity contribution in [2.24, 2.45) is 0 Å². The molecule has 0 heterocycles. The number of rotatable bonds is 2. The van der Waals surface area contributed by atoms with E-state index in [0.29, 0.717) is 0 Å². The molecule has 0 atom stereocenters. The molecule has 0 aliphatic heterocycles. The van der Waals surface area contributed by atoms with Gasteiger partial charge in [-0.05, 0) is 24.9 Å². The molecule has 2 radical (unpaired) electrons. The molecule has 1 N–H and O–H groups in total. The van der Waals surface area contributed by atoms with E-state index >= 15 is 0 Å². The van der Waals surface area contributed by atoms with Gasteiger partial charge in [-0.1, -0.05) is 17.7 Å². The van der Waals surface area contributed by atoms with Crippen LogP contribution < -0.4 is 10.7 Å². The van der Waals surface area contributed by atoms with Crippen molar-refractivity contribution in [1.29, 1.82) is 0 Å². The van der Waals surface area contributed by atoms with E-state index in [2.05, 4.69) is 0 Å². The van der Waals surface area contributed by atoms with Gasteiger partial charge in [0.25, 0.3) is 10.0 Å². The van der Waals surface area contributed by atoms with Crippen LogP contribution in [0.15, 0.2) is 29.2 Å². The molecule has 4 nitrogen and oxygen atoms in total. The number of hydrogen-bond acceptors (Lipinski definition) is 2. The van der Waals surface area contributed by atoms with Crippen LogP contribution >= 0.6 is 0 Å². The second-order valence-corrected chi connectivity index (χ2v) is 4.07. The van der Waals surface area contributed by atoms with Crippen LogP contribution in [0.2, 0.25) is 0 Å². The van der Waals surface area contributed by atoms with Gasteiger partial charge in [0.05, 0.1) is 4.90 Å². The number of nitrogens with zero attached hydrogens (tertiary/aromatic N) is 1. The molecule has 0 aliphatic rings. The summed E-state index contributed by atoms with van der Waals surface area (Å²) in [5, 5.41) is 0. The van der Waals surface area contributed by atoms with Crippen LogP contribution in [0.1, 0.15) is 5.56 Å². The minimum atomic E-state index is -3.71. The predicted octanol–water partition coefficient (Wildman–Crippen LogP) is 0.257. The fraction of sp³-hybridized carbons (Fsp3) is 0.143. The minimum absolute atomic E-state index is 0.0515. The second kappa shape index (κ2) is 3.22. The summed E-state index contributed by atoms with van der Waals surface area (Å²) < 4.78 is 21.9. The molecule has 0 saturated heterocycles. The highest BCUT2D eigenvalue weighted by atomic mass is 32.2. The van der Waals surface area contributed by atoms with E-state index in [1.54, 1.807) is 12.1 Å². The van der Waals surface area contributed by atoms with Crippen molar-refractivity contribution in [3.8, 4) is 0 Å². The summed E-state index contributed by atoms with van der Waals surface area (Å²) in [6.07, 6.45) is 0. The normalized spacial score (nSPS) is 11.5. The molecular weight excluding hydrogens is 176 g/mol. The highest BCUT2D eigenvalue weighted by Gasteiger charge is 2.10. The standard InChI is InChI=1S/C7H8N2O2S/c1-6-2-4-7(5-3-6)12(10,11)9-8/h2-5,9H,1H3. The van der Waals surface area contributed by atoms with Gasteiger partial charge in [0.15, 0.2) is 0 Å². The van der Waals surface area contributed by atoms with E-state index in [4.69, 9.17) is 5.84 Å². The zero-order valence-corrected chi connectivity index (χ0v) is 7.30. The van der Waals surface area contributed by atoms with Crippen LogP contribution in [0.5, 0.6) is 0 Å². The average molecular weight is 184 g/mol. The Labute approximate surface area is 71.4 Å². The molecule has 1 rings (SSSR count). The first kappa shape index (κ1) is 9.18. The zero-order chi connectivity index (χ0) is 9.19. The van der Waals surface area contributed by atoms with E-state index in [1.165, 1.54) is 17.0 Å².